The van der Waals surface area contributed by atoms with Gasteiger partial charge in [0.1, 0.15) is 17.3 Å². The number of furan rings is 1. The molecule has 0 aliphatic heterocycles. The zero-order chi connectivity index (χ0) is 20.8. The number of carbonyl (C=O) groups excluding carboxylic acids is 1. The third kappa shape index (κ3) is 6.09. The van der Waals surface area contributed by atoms with Gasteiger partial charge in [-0.15, -0.1) is 0 Å². The molecule has 0 unspecified atom stereocenters. The predicted octanol–water partition coefficient (Wildman–Crippen LogP) is 5.63. The molecule has 0 spiro atoms. The van der Waals surface area contributed by atoms with Crippen molar-refractivity contribution in [2.24, 2.45) is 5.92 Å². The van der Waals surface area contributed by atoms with Crippen LogP contribution in [0, 0.1) is 11.7 Å². The number of carbonyl (C=O) groups is 1. The van der Waals surface area contributed by atoms with Crippen LogP contribution in [0.4, 0.5) is 4.39 Å². The summed E-state index contributed by atoms with van der Waals surface area (Å²) >= 11 is 6.14. The van der Waals surface area contributed by atoms with E-state index in [9.17, 15) is 9.18 Å². The highest BCUT2D eigenvalue weighted by atomic mass is 35.5. The average molecular weight is 416 g/mol. The molecule has 2 aromatic carbocycles. The van der Waals surface area contributed by atoms with Crippen molar-refractivity contribution in [3.05, 3.63) is 88.1 Å². The second-order valence-corrected chi connectivity index (χ2v) is 7.65. The summed E-state index contributed by atoms with van der Waals surface area (Å²) in [5.41, 5.74) is 1.70. The second kappa shape index (κ2) is 9.61. The number of benzene rings is 2. The zero-order valence-corrected chi connectivity index (χ0v) is 17.1. The Bertz CT molecular complexity index is 967. The summed E-state index contributed by atoms with van der Waals surface area (Å²) in [6.07, 6.45) is 0.458. The molecule has 0 aliphatic rings. The van der Waals surface area contributed by atoms with Gasteiger partial charge in [0.2, 0.25) is 0 Å². The summed E-state index contributed by atoms with van der Waals surface area (Å²) in [5.74, 6) is 1.36. The van der Waals surface area contributed by atoms with E-state index in [1.807, 2.05) is 12.1 Å². The maximum Gasteiger partial charge on any atom is 0.287 e. The molecule has 0 atom stereocenters. The summed E-state index contributed by atoms with van der Waals surface area (Å²) in [5, 5.41) is 3.38. The monoisotopic (exact) mass is 415 g/mol. The van der Waals surface area contributed by atoms with E-state index in [-0.39, 0.29) is 24.0 Å². The smallest absolute Gasteiger partial charge is 0.287 e. The molecule has 6 heteroatoms. The van der Waals surface area contributed by atoms with Gasteiger partial charge in [-0.3, -0.25) is 4.79 Å². The molecule has 0 saturated heterocycles. The normalized spacial score (nSPS) is 10.9. The van der Waals surface area contributed by atoms with E-state index in [1.165, 1.54) is 12.1 Å². The molecule has 1 N–H and O–H groups in total. The minimum atomic E-state index is -0.331. The van der Waals surface area contributed by atoms with Crippen molar-refractivity contribution in [2.75, 3.05) is 6.61 Å². The van der Waals surface area contributed by atoms with Gasteiger partial charge in [0.25, 0.3) is 5.91 Å². The zero-order valence-electron chi connectivity index (χ0n) is 16.4. The molecule has 1 heterocycles. The average Bonchev–Trinajstić information content (AvgIpc) is 3.15. The number of ether oxygens (including phenoxy) is 1. The van der Waals surface area contributed by atoms with Crippen LogP contribution in [0.1, 0.15) is 41.3 Å². The van der Waals surface area contributed by atoms with Crippen LogP contribution in [-0.4, -0.2) is 12.5 Å². The number of nitrogens with one attached hydrogen (secondary N) is 1. The Balaban J connectivity index is 1.64. The van der Waals surface area contributed by atoms with Crippen LogP contribution in [0.3, 0.4) is 0 Å². The fraction of sp³-hybridized carbons (Fsp3) is 0.261. The van der Waals surface area contributed by atoms with Gasteiger partial charge in [0.05, 0.1) is 6.61 Å². The molecule has 0 radical (unpaired) electrons. The lowest BCUT2D eigenvalue weighted by molar-refractivity contribution is 0.0921. The molecule has 0 bridgehead atoms. The Hall–Kier alpha value is -2.79. The van der Waals surface area contributed by atoms with Crippen LogP contribution < -0.4 is 10.1 Å². The molecule has 29 heavy (non-hydrogen) atoms. The number of halogens is 2. The first-order chi connectivity index (χ1) is 13.9. The van der Waals surface area contributed by atoms with Crippen LogP contribution in [0.15, 0.2) is 59.0 Å². The van der Waals surface area contributed by atoms with Gasteiger partial charge in [-0.1, -0.05) is 37.6 Å². The number of amides is 1. The van der Waals surface area contributed by atoms with Crippen LogP contribution in [0.5, 0.6) is 5.75 Å². The molecule has 3 aromatic rings. The van der Waals surface area contributed by atoms with Gasteiger partial charge in [-0.05, 0) is 53.9 Å². The van der Waals surface area contributed by atoms with Gasteiger partial charge >= 0.3 is 0 Å². The maximum absolute atomic E-state index is 13.0. The first kappa shape index (κ1) is 20.9. The fourth-order valence-electron chi connectivity index (χ4n) is 2.74. The van der Waals surface area contributed by atoms with E-state index in [4.69, 9.17) is 20.8 Å². The van der Waals surface area contributed by atoms with Crippen molar-refractivity contribution in [3.8, 4) is 5.75 Å². The molecule has 0 fully saturated rings. The third-order valence-corrected chi connectivity index (χ3v) is 4.45. The summed E-state index contributed by atoms with van der Waals surface area (Å²) in [4.78, 5) is 12.3. The molecule has 152 valence electrons. The van der Waals surface area contributed by atoms with Crippen LogP contribution in [0.2, 0.25) is 5.02 Å². The largest absolute Gasteiger partial charge is 0.493 e. The molecule has 1 amide bonds. The van der Waals surface area contributed by atoms with Crippen molar-refractivity contribution in [3.63, 3.8) is 0 Å². The maximum atomic E-state index is 13.0. The van der Waals surface area contributed by atoms with Gasteiger partial charge in [0.15, 0.2) is 5.76 Å². The molecule has 4 nitrogen and oxygen atoms in total. The Kier molecular flexibility index (Phi) is 6.94. The summed E-state index contributed by atoms with van der Waals surface area (Å²) < 4.78 is 24.5. The quantitative estimate of drug-likeness (QED) is 0.519. The van der Waals surface area contributed by atoms with E-state index in [0.717, 1.165) is 16.9 Å². The highest BCUT2D eigenvalue weighted by molar-refractivity contribution is 6.30. The topological polar surface area (TPSA) is 51.5 Å². The number of rotatable bonds is 8. The lowest BCUT2D eigenvalue weighted by atomic mass is 10.1. The minimum Gasteiger partial charge on any atom is -0.493 e. The fourth-order valence-corrected chi connectivity index (χ4v) is 2.93. The molecule has 1 aromatic heterocycles. The molecule has 3 rings (SSSR count). The Morgan fingerprint density at radius 3 is 2.62 bits per heavy atom. The van der Waals surface area contributed by atoms with Crippen molar-refractivity contribution in [2.45, 2.75) is 26.8 Å². The van der Waals surface area contributed by atoms with Crippen molar-refractivity contribution >= 4 is 17.5 Å². The first-order valence-electron chi connectivity index (χ1n) is 9.43. The molecule has 0 saturated carbocycles. The van der Waals surface area contributed by atoms with Gasteiger partial charge in [-0.25, -0.2) is 4.39 Å². The number of hydrogen-bond acceptors (Lipinski definition) is 3. The minimum absolute atomic E-state index is 0.216. The van der Waals surface area contributed by atoms with E-state index in [2.05, 4.69) is 19.2 Å². The lowest BCUT2D eigenvalue weighted by Gasteiger charge is -2.13. The molecule has 0 aliphatic carbocycles. The summed E-state index contributed by atoms with van der Waals surface area (Å²) in [6, 6.07) is 14.8. The summed E-state index contributed by atoms with van der Waals surface area (Å²) in [7, 11) is 0. The predicted molar refractivity (Wildman–Crippen MR) is 111 cm³/mol. The first-order valence-corrected chi connectivity index (χ1v) is 9.81. The van der Waals surface area contributed by atoms with Crippen LogP contribution in [-0.2, 0) is 13.0 Å². The van der Waals surface area contributed by atoms with E-state index < -0.39 is 0 Å². The van der Waals surface area contributed by atoms with E-state index in [0.29, 0.717) is 29.7 Å². The van der Waals surface area contributed by atoms with E-state index in [1.54, 1.807) is 30.3 Å². The molecular weight excluding hydrogens is 393 g/mol. The number of hydrogen-bond donors (Lipinski definition) is 1. The van der Waals surface area contributed by atoms with E-state index >= 15 is 0 Å². The standard InChI is InChI=1S/C23H23ClFNO3/c1-15(2)14-28-21-9-5-18(24)11-17(21)12-20-8-10-22(29-20)23(27)26-13-16-3-6-19(25)7-4-16/h3-11,15H,12-14H2,1-2H3,(H,26,27). The van der Waals surface area contributed by atoms with Gasteiger partial charge < -0.3 is 14.5 Å². The van der Waals surface area contributed by atoms with Crippen molar-refractivity contribution in [1.82, 2.24) is 5.32 Å². The van der Waals surface area contributed by atoms with Crippen molar-refractivity contribution in [1.29, 1.82) is 0 Å². The Morgan fingerprint density at radius 2 is 1.90 bits per heavy atom. The van der Waals surface area contributed by atoms with Crippen LogP contribution in [0.25, 0.3) is 0 Å². The lowest BCUT2D eigenvalue weighted by Crippen LogP contribution is -2.22. The summed E-state index contributed by atoms with van der Waals surface area (Å²) in [6.45, 7) is 5.05. The van der Waals surface area contributed by atoms with Gasteiger partial charge in [-0.2, -0.15) is 0 Å². The highest BCUT2D eigenvalue weighted by Crippen LogP contribution is 2.26. The third-order valence-electron chi connectivity index (χ3n) is 4.21. The Labute approximate surface area is 174 Å². The highest BCUT2D eigenvalue weighted by Gasteiger charge is 2.14. The Morgan fingerprint density at radius 1 is 1.14 bits per heavy atom. The van der Waals surface area contributed by atoms with Gasteiger partial charge in [0, 0.05) is 23.6 Å². The SMILES string of the molecule is CC(C)COc1ccc(Cl)cc1Cc1ccc(C(=O)NCc2ccc(F)cc2)o1. The second-order valence-electron chi connectivity index (χ2n) is 7.21. The van der Waals surface area contributed by atoms with Crippen LogP contribution >= 0.6 is 11.6 Å². The molecular formula is C23H23ClFNO3. The van der Waals surface area contributed by atoms with Crippen molar-refractivity contribution < 1.29 is 18.3 Å².